The molecular formula is C26H33N3O3. The Morgan fingerprint density at radius 3 is 2.81 bits per heavy atom. The Morgan fingerprint density at radius 1 is 1.19 bits per heavy atom. The van der Waals surface area contributed by atoms with Crippen molar-refractivity contribution in [2.24, 2.45) is 0 Å². The van der Waals surface area contributed by atoms with Gasteiger partial charge < -0.3 is 19.8 Å². The minimum atomic E-state index is -0.0745. The van der Waals surface area contributed by atoms with Crippen LogP contribution in [0.3, 0.4) is 0 Å². The lowest BCUT2D eigenvalue weighted by atomic mass is 10.1. The zero-order valence-corrected chi connectivity index (χ0v) is 19.2. The highest BCUT2D eigenvalue weighted by atomic mass is 16.5. The normalized spacial score (nSPS) is 14.8. The summed E-state index contributed by atoms with van der Waals surface area (Å²) in [5.41, 5.74) is 5.06. The van der Waals surface area contributed by atoms with Crippen LogP contribution >= 0.6 is 0 Å². The number of nitrogens with zero attached hydrogens (tertiary/aromatic N) is 1. The molecule has 1 fully saturated rings. The van der Waals surface area contributed by atoms with Gasteiger partial charge in [0.25, 0.3) is 5.91 Å². The first-order valence-electron chi connectivity index (χ1n) is 11.4. The van der Waals surface area contributed by atoms with Gasteiger partial charge >= 0.3 is 0 Å². The monoisotopic (exact) mass is 435 g/mol. The summed E-state index contributed by atoms with van der Waals surface area (Å²) < 4.78 is 11.4. The predicted octanol–water partition coefficient (Wildman–Crippen LogP) is 4.20. The number of aromatic amines is 1. The molecule has 1 aromatic heterocycles. The van der Waals surface area contributed by atoms with Crippen molar-refractivity contribution in [1.29, 1.82) is 0 Å². The quantitative estimate of drug-likeness (QED) is 0.556. The van der Waals surface area contributed by atoms with Crippen LogP contribution in [-0.2, 0) is 11.3 Å². The molecule has 0 spiro atoms. The number of carbonyl (C=O) groups excluding carboxylic acids is 1. The molecule has 4 rings (SSSR count). The molecule has 2 heterocycles. The van der Waals surface area contributed by atoms with Gasteiger partial charge in [-0.25, -0.2) is 0 Å². The average molecular weight is 436 g/mol. The third kappa shape index (κ3) is 5.31. The van der Waals surface area contributed by atoms with Gasteiger partial charge in [0.15, 0.2) is 0 Å². The standard InChI is InChI=1S/C26H33N3O3/c1-18-19(2)28-25-8-7-21(16-24(18)25)26(30)27-17-20-5-4-6-23(15-20)32-14-11-29(3)22-9-12-31-13-10-22/h4-8,15-16,22,28H,9-14,17H2,1-3H3,(H,27,30). The van der Waals surface area contributed by atoms with Crippen LogP contribution in [0.15, 0.2) is 42.5 Å². The van der Waals surface area contributed by atoms with E-state index in [1.54, 1.807) is 0 Å². The van der Waals surface area contributed by atoms with Crippen molar-refractivity contribution in [2.45, 2.75) is 39.3 Å². The number of likely N-dealkylation sites (N-methyl/N-ethyl adjacent to an activating group) is 1. The van der Waals surface area contributed by atoms with E-state index >= 15 is 0 Å². The second-order valence-electron chi connectivity index (χ2n) is 8.64. The molecule has 6 nitrogen and oxygen atoms in total. The molecule has 2 aromatic carbocycles. The topological polar surface area (TPSA) is 66.6 Å². The van der Waals surface area contributed by atoms with E-state index in [2.05, 4.69) is 29.2 Å². The average Bonchev–Trinajstić information content (AvgIpc) is 3.11. The number of aryl methyl sites for hydroxylation is 2. The van der Waals surface area contributed by atoms with Gasteiger partial charge in [-0.3, -0.25) is 9.69 Å². The van der Waals surface area contributed by atoms with Gasteiger partial charge in [-0.1, -0.05) is 12.1 Å². The number of fused-ring (bicyclic) bond motifs is 1. The lowest BCUT2D eigenvalue weighted by Gasteiger charge is -2.31. The summed E-state index contributed by atoms with van der Waals surface area (Å²) in [5, 5.41) is 4.12. The second kappa shape index (κ2) is 10.2. The zero-order valence-electron chi connectivity index (χ0n) is 19.2. The van der Waals surface area contributed by atoms with E-state index in [4.69, 9.17) is 9.47 Å². The molecule has 2 N–H and O–H groups in total. The summed E-state index contributed by atoms with van der Waals surface area (Å²) in [6.45, 7) is 7.80. The van der Waals surface area contributed by atoms with Gasteiger partial charge in [0, 0.05) is 54.5 Å². The fourth-order valence-electron chi connectivity index (χ4n) is 4.25. The van der Waals surface area contributed by atoms with Crippen LogP contribution in [0.5, 0.6) is 5.75 Å². The van der Waals surface area contributed by atoms with Crippen molar-refractivity contribution in [1.82, 2.24) is 15.2 Å². The molecule has 0 aliphatic carbocycles. The molecule has 0 radical (unpaired) electrons. The van der Waals surface area contributed by atoms with Crippen molar-refractivity contribution in [2.75, 3.05) is 33.4 Å². The zero-order chi connectivity index (χ0) is 22.5. The molecule has 1 aliphatic heterocycles. The van der Waals surface area contributed by atoms with Gasteiger partial charge in [-0.05, 0) is 75.2 Å². The van der Waals surface area contributed by atoms with Gasteiger partial charge in [-0.15, -0.1) is 0 Å². The fourth-order valence-corrected chi connectivity index (χ4v) is 4.25. The third-order valence-electron chi connectivity index (χ3n) is 6.45. The number of amides is 1. The molecule has 3 aromatic rings. The number of nitrogens with one attached hydrogen (secondary N) is 2. The smallest absolute Gasteiger partial charge is 0.251 e. The van der Waals surface area contributed by atoms with Crippen molar-refractivity contribution in [3.05, 3.63) is 64.8 Å². The lowest BCUT2D eigenvalue weighted by molar-refractivity contribution is 0.0392. The van der Waals surface area contributed by atoms with Crippen LogP contribution in [0, 0.1) is 13.8 Å². The Bertz CT molecular complexity index is 1070. The van der Waals surface area contributed by atoms with Crippen LogP contribution in [0.4, 0.5) is 0 Å². The number of benzene rings is 2. The second-order valence-corrected chi connectivity index (χ2v) is 8.64. The maximum atomic E-state index is 12.7. The van der Waals surface area contributed by atoms with E-state index in [1.165, 1.54) is 5.56 Å². The molecule has 6 heteroatoms. The maximum Gasteiger partial charge on any atom is 0.251 e. The number of carbonyl (C=O) groups is 1. The van der Waals surface area contributed by atoms with E-state index in [-0.39, 0.29) is 5.91 Å². The minimum Gasteiger partial charge on any atom is -0.492 e. The molecule has 0 saturated carbocycles. The summed E-state index contributed by atoms with van der Waals surface area (Å²) >= 11 is 0. The van der Waals surface area contributed by atoms with E-state index in [9.17, 15) is 4.79 Å². The summed E-state index contributed by atoms with van der Waals surface area (Å²) in [6, 6.07) is 14.3. The number of hydrogen-bond donors (Lipinski definition) is 2. The number of ether oxygens (including phenoxy) is 2. The molecule has 1 saturated heterocycles. The van der Waals surface area contributed by atoms with E-state index in [0.717, 1.165) is 60.5 Å². The molecule has 0 unspecified atom stereocenters. The Labute approximate surface area is 189 Å². The van der Waals surface area contributed by atoms with Gasteiger partial charge in [0.05, 0.1) is 0 Å². The number of H-pyrrole nitrogens is 1. The van der Waals surface area contributed by atoms with Crippen LogP contribution in [0.1, 0.15) is 40.0 Å². The molecule has 32 heavy (non-hydrogen) atoms. The largest absolute Gasteiger partial charge is 0.492 e. The fraction of sp³-hybridized carbons (Fsp3) is 0.423. The highest BCUT2D eigenvalue weighted by Gasteiger charge is 2.18. The Kier molecular flexibility index (Phi) is 7.12. The Morgan fingerprint density at radius 2 is 2.00 bits per heavy atom. The van der Waals surface area contributed by atoms with Gasteiger partial charge in [0.1, 0.15) is 12.4 Å². The molecule has 1 amide bonds. The number of aromatic nitrogens is 1. The van der Waals surface area contributed by atoms with Crippen molar-refractivity contribution in [3.8, 4) is 5.75 Å². The number of rotatable bonds is 8. The molecular weight excluding hydrogens is 402 g/mol. The van der Waals surface area contributed by atoms with E-state index in [1.807, 2.05) is 49.4 Å². The van der Waals surface area contributed by atoms with Gasteiger partial charge in [-0.2, -0.15) is 0 Å². The van der Waals surface area contributed by atoms with E-state index < -0.39 is 0 Å². The van der Waals surface area contributed by atoms with Crippen LogP contribution in [-0.4, -0.2) is 55.2 Å². The van der Waals surface area contributed by atoms with Crippen molar-refractivity contribution >= 4 is 16.8 Å². The maximum absolute atomic E-state index is 12.7. The van der Waals surface area contributed by atoms with Crippen LogP contribution in [0.25, 0.3) is 10.9 Å². The predicted molar refractivity (Wildman–Crippen MR) is 127 cm³/mol. The highest BCUT2D eigenvalue weighted by Crippen LogP contribution is 2.22. The summed E-state index contributed by atoms with van der Waals surface area (Å²) in [4.78, 5) is 18.4. The first-order chi connectivity index (χ1) is 15.5. The summed E-state index contributed by atoms with van der Waals surface area (Å²) in [6.07, 6.45) is 2.17. The number of hydrogen-bond acceptors (Lipinski definition) is 4. The SMILES string of the molecule is Cc1[nH]c2ccc(C(=O)NCc3cccc(OCCN(C)C4CCOCC4)c3)cc2c1C. The first kappa shape index (κ1) is 22.4. The summed E-state index contributed by atoms with van der Waals surface area (Å²) in [7, 11) is 2.15. The molecule has 0 bridgehead atoms. The van der Waals surface area contributed by atoms with Crippen molar-refractivity contribution < 1.29 is 14.3 Å². The minimum absolute atomic E-state index is 0.0745. The Hall–Kier alpha value is -2.83. The summed E-state index contributed by atoms with van der Waals surface area (Å²) in [5.74, 6) is 0.756. The van der Waals surface area contributed by atoms with E-state index in [0.29, 0.717) is 24.8 Å². The first-order valence-corrected chi connectivity index (χ1v) is 11.4. The van der Waals surface area contributed by atoms with Crippen molar-refractivity contribution in [3.63, 3.8) is 0 Å². The highest BCUT2D eigenvalue weighted by molar-refractivity contribution is 5.99. The Balaban J connectivity index is 1.29. The third-order valence-corrected chi connectivity index (χ3v) is 6.45. The molecule has 0 atom stereocenters. The van der Waals surface area contributed by atoms with Gasteiger partial charge in [0.2, 0.25) is 0 Å². The molecule has 1 aliphatic rings. The van der Waals surface area contributed by atoms with Crippen LogP contribution < -0.4 is 10.1 Å². The lowest BCUT2D eigenvalue weighted by Crippen LogP contribution is -2.38. The molecule has 170 valence electrons. The van der Waals surface area contributed by atoms with Crippen LogP contribution in [0.2, 0.25) is 0 Å².